The average Bonchev–Trinajstić information content (AvgIpc) is 2.80. The van der Waals surface area contributed by atoms with Crippen LogP contribution in [-0.2, 0) is 10.5 Å². The predicted octanol–water partition coefficient (Wildman–Crippen LogP) is 3.47. The van der Waals surface area contributed by atoms with E-state index in [4.69, 9.17) is 4.52 Å². The van der Waals surface area contributed by atoms with Gasteiger partial charge in [-0.15, -0.1) is 11.8 Å². The molecular formula is C15H18N2O2S. The van der Waals surface area contributed by atoms with E-state index in [2.05, 4.69) is 10.5 Å². The third-order valence-corrected chi connectivity index (χ3v) is 3.85. The highest BCUT2D eigenvalue weighted by molar-refractivity contribution is 7.99. The quantitative estimate of drug-likeness (QED) is 0.916. The van der Waals surface area contributed by atoms with Gasteiger partial charge in [-0.3, -0.25) is 4.79 Å². The van der Waals surface area contributed by atoms with Gasteiger partial charge in [-0.2, -0.15) is 0 Å². The zero-order chi connectivity index (χ0) is 14.5. The van der Waals surface area contributed by atoms with Crippen LogP contribution >= 0.6 is 11.8 Å². The van der Waals surface area contributed by atoms with E-state index >= 15 is 0 Å². The molecule has 5 heteroatoms. The fourth-order valence-corrected chi connectivity index (χ4v) is 2.61. The molecule has 2 rings (SSSR count). The van der Waals surface area contributed by atoms with Crippen LogP contribution in [0.3, 0.4) is 0 Å². The number of carbonyl (C=O) groups excluding carboxylic acids is 1. The minimum Gasteiger partial charge on any atom is -0.360 e. The number of hydrogen-bond acceptors (Lipinski definition) is 4. The number of rotatable bonds is 5. The SMILES string of the molecule is Cc1cc(CSCC(=O)Nc2c(C)cccc2C)on1. The summed E-state index contributed by atoms with van der Waals surface area (Å²) in [4.78, 5) is 11.9. The van der Waals surface area contributed by atoms with Gasteiger partial charge in [0.1, 0.15) is 5.76 Å². The van der Waals surface area contributed by atoms with E-state index in [0.717, 1.165) is 28.3 Å². The summed E-state index contributed by atoms with van der Waals surface area (Å²) in [5.74, 6) is 1.85. The van der Waals surface area contributed by atoms with Crippen molar-refractivity contribution in [2.75, 3.05) is 11.1 Å². The summed E-state index contributed by atoms with van der Waals surface area (Å²) in [6.45, 7) is 5.87. The lowest BCUT2D eigenvalue weighted by molar-refractivity contribution is -0.113. The minimum absolute atomic E-state index is 0.00337. The van der Waals surface area contributed by atoms with Gasteiger partial charge in [0.15, 0.2) is 0 Å². The number of anilines is 1. The molecule has 1 N–H and O–H groups in total. The molecule has 0 atom stereocenters. The molecule has 0 spiro atoms. The topological polar surface area (TPSA) is 55.1 Å². The van der Waals surface area contributed by atoms with E-state index < -0.39 is 0 Å². The Morgan fingerprint density at radius 1 is 1.30 bits per heavy atom. The highest BCUT2D eigenvalue weighted by atomic mass is 32.2. The largest absolute Gasteiger partial charge is 0.360 e. The van der Waals surface area contributed by atoms with Crippen molar-refractivity contribution in [3.63, 3.8) is 0 Å². The normalized spacial score (nSPS) is 10.6. The maximum Gasteiger partial charge on any atom is 0.234 e. The number of benzene rings is 1. The zero-order valence-electron chi connectivity index (χ0n) is 11.9. The standard InChI is InChI=1S/C15H18N2O2S/c1-10-5-4-6-11(2)15(10)16-14(18)9-20-8-13-7-12(3)17-19-13/h4-7H,8-9H2,1-3H3,(H,16,18). The van der Waals surface area contributed by atoms with Crippen molar-refractivity contribution in [1.82, 2.24) is 5.16 Å². The molecule has 20 heavy (non-hydrogen) atoms. The first-order chi connectivity index (χ1) is 9.56. The maximum atomic E-state index is 11.9. The molecule has 0 saturated carbocycles. The van der Waals surface area contributed by atoms with Gasteiger partial charge in [0, 0.05) is 11.8 Å². The fraction of sp³-hybridized carbons (Fsp3) is 0.333. The number of thioether (sulfide) groups is 1. The Labute approximate surface area is 122 Å². The Bertz CT molecular complexity index is 587. The molecule has 4 nitrogen and oxygen atoms in total. The minimum atomic E-state index is 0.00337. The highest BCUT2D eigenvalue weighted by Crippen LogP contribution is 2.20. The number of para-hydroxylation sites is 1. The number of nitrogens with zero attached hydrogens (tertiary/aromatic N) is 1. The van der Waals surface area contributed by atoms with Gasteiger partial charge in [-0.1, -0.05) is 23.4 Å². The molecule has 106 valence electrons. The van der Waals surface area contributed by atoms with Crippen LogP contribution in [0.4, 0.5) is 5.69 Å². The van der Waals surface area contributed by atoms with Crippen molar-refractivity contribution in [3.8, 4) is 0 Å². The number of carbonyl (C=O) groups is 1. The summed E-state index contributed by atoms with van der Waals surface area (Å²) in [6.07, 6.45) is 0. The van der Waals surface area contributed by atoms with Gasteiger partial charge in [0.25, 0.3) is 0 Å². The predicted molar refractivity (Wildman–Crippen MR) is 81.9 cm³/mol. The van der Waals surface area contributed by atoms with Crippen LogP contribution in [0, 0.1) is 20.8 Å². The van der Waals surface area contributed by atoms with E-state index in [1.54, 1.807) is 0 Å². The molecule has 0 aliphatic carbocycles. The molecule has 1 aromatic heterocycles. The number of amides is 1. The fourth-order valence-electron chi connectivity index (χ4n) is 1.92. The Balaban J connectivity index is 1.84. The van der Waals surface area contributed by atoms with Crippen molar-refractivity contribution in [2.45, 2.75) is 26.5 Å². The van der Waals surface area contributed by atoms with Crippen molar-refractivity contribution >= 4 is 23.4 Å². The zero-order valence-corrected chi connectivity index (χ0v) is 12.7. The van der Waals surface area contributed by atoms with Gasteiger partial charge in [0.2, 0.25) is 5.91 Å². The molecule has 0 saturated heterocycles. The van der Waals surface area contributed by atoms with E-state index in [1.165, 1.54) is 11.8 Å². The summed E-state index contributed by atoms with van der Waals surface area (Å²) in [5, 5.41) is 6.78. The second kappa shape index (κ2) is 6.61. The van der Waals surface area contributed by atoms with Crippen LogP contribution < -0.4 is 5.32 Å². The second-order valence-electron chi connectivity index (χ2n) is 4.74. The number of aryl methyl sites for hydroxylation is 3. The van der Waals surface area contributed by atoms with Gasteiger partial charge in [0.05, 0.1) is 17.2 Å². The summed E-state index contributed by atoms with van der Waals surface area (Å²) >= 11 is 1.51. The van der Waals surface area contributed by atoms with Crippen molar-refractivity contribution in [1.29, 1.82) is 0 Å². The second-order valence-corrected chi connectivity index (χ2v) is 5.73. The molecule has 0 radical (unpaired) electrons. The summed E-state index contributed by atoms with van der Waals surface area (Å²) in [5.41, 5.74) is 3.93. The summed E-state index contributed by atoms with van der Waals surface area (Å²) < 4.78 is 5.10. The molecule has 0 fully saturated rings. The smallest absolute Gasteiger partial charge is 0.234 e. The first kappa shape index (κ1) is 14.7. The average molecular weight is 290 g/mol. The first-order valence-corrected chi connectivity index (χ1v) is 7.57. The highest BCUT2D eigenvalue weighted by Gasteiger charge is 2.08. The van der Waals surface area contributed by atoms with Gasteiger partial charge in [-0.05, 0) is 31.9 Å². The molecule has 2 aromatic rings. The lowest BCUT2D eigenvalue weighted by atomic mass is 10.1. The van der Waals surface area contributed by atoms with E-state index in [-0.39, 0.29) is 5.91 Å². The summed E-state index contributed by atoms with van der Waals surface area (Å²) in [7, 11) is 0. The Hall–Kier alpha value is -1.75. The molecule has 1 amide bonds. The molecular weight excluding hydrogens is 272 g/mol. The van der Waals surface area contributed by atoms with Gasteiger partial charge >= 0.3 is 0 Å². The van der Waals surface area contributed by atoms with Crippen LogP contribution in [0.25, 0.3) is 0 Å². The number of nitrogens with one attached hydrogen (secondary N) is 1. The van der Waals surface area contributed by atoms with E-state index in [0.29, 0.717) is 11.5 Å². The molecule has 0 aliphatic heterocycles. The maximum absolute atomic E-state index is 11.9. The van der Waals surface area contributed by atoms with Crippen LogP contribution in [0.1, 0.15) is 22.6 Å². The van der Waals surface area contributed by atoms with E-state index in [9.17, 15) is 4.79 Å². The third-order valence-electron chi connectivity index (χ3n) is 2.90. The first-order valence-electron chi connectivity index (χ1n) is 6.42. The Morgan fingerprint density at radius 3 is 2.60 bits per heavy atom. The van der Waals surface area contributed by atoms with Crippen molar-refractivity contribution < 1.29 is 9.32 Å². The van der Waals surface area contributed by atoms with Crippen LogP contribution in [-0.4, -0.2) is 16.8 Å². The lowest BCUT2D eigenvalue weighted by Crippen LogP contribution is -2.15. The molecule has 0 bridgehead atoms. The Morgan fingerprint density at radius 2 is 2.00 bits per heavy atom. The van der Waals surface area contributed by atoms with Crippen LogP contribution in [0.15, 0.2) is 28.8 Å². The van der Waals surface area contributed by atoms with Crippen LogP contribution in [0.5, 0.6) is 0 Å². The molecule has 1 heterocycles. The van der Waals surface area contributed by atoms with Crippen LogP contribution in [0.2, 0.25) is 0 Å². The van der Waals surface area contributed by atoms with Crippen molar-refractivity contribution in [3.05, 3.63) is 46.8 Å². The number of hydrogen-bond donors (Lipinski definition) is 1. The van der Waals surface area contributed by atoms with Gasteiger partial charge in [-0.25, -0.2) is 0 Å². The third kappa shape index (κ3) is 3.87. The van der Waals surface area contributed by atoms with Crippen molar-refractivity contribution in [2.24, 2.45) is 0 Å². The Kier molecular flexibility index (Phi) is 4.84. The van der Waals surface area contributed by atoms with E-state index in [1.807, 2.05) is 45.0 Å². The number of aromatic nitrogens is 1. The summed E-state index contributed by atoms with van der Waals surface area (Å²) in [6, 6.07) is 7.86. The molecule has 0 unspecified atom stereocenters. The lowest BCUT2D eigenvalue weighted by Gasteiger charge is -2.10. The molecule has 1 aromatic carbocycles. The van der Waals surface area contributed by atoms with Gasteiger partial charge < -0.3 is 9.84 Å². The monoisotopic (exact) mass is 290 g/mol. The molecule has 0 aliphatic rings.